The topological polar surface area (TPSA) is 63.5 Å². The molecule has 1 heterocycles. The summed E-state index contributed by atoms with van der Waals surface area (Å²) in [7, 11) is 3.39. The highest BCUT2D eigenvalue weighted by molar-refractivity contribution is 6.31. The van der Waals surface area contributed by atoms with Crippen molar-refractivity contribution in [1.82, 2.24) is 20.4 Å². The fraction of sp³-hybridized carbons (Fsp3) is 0.238. The van der Waals surface area contributed by atoms with Crippen molar-refractivity contribution in [3.8, 4) is 11.4 Å². The SMILES string of the molecule is CN=C(NCCc1ccc(OC)cc1Cl)NCc1ccc(-n2cccn2)cc1. The molecule has 0 aliphatic carbocycles. The monoisotopic (exact) mass is 397 g/mol. The van der Waals surface area contributed by atoms with E-state index in [1.165, 1.54) is 0 Å². The van der Waals surface area contributed by atoms with Crippen LogP contribution in [0.3, 0.4) is 0 Å². The Labute approximate surface area is 170 Å². The summed E-state index contributed by atoms with van der Waals surface area (Å²) in [4.78, 5) is 4.27. The molecule has 0 amide bonds. The third-order valence-electron chi connectivity index (χ3n) is 4.34. The molecule has 2 N–H and O–H groups in total. The quantitative estimate of drug-likeness (QED) is 0.473. The van der Waals surface area contributed by atoms with Crippen LogP contribution in [0.4, 0.5) is 0 Å². The van der Waals surface area contributed by atoms with E-state index in [0.717, 1.165) is 41.5 Å². The molecule has 0 saturated heterocycles. The summed E-state index contributed by atoms with van der Waals surface area (Å²) in [6.07, 6.45) is 4.49. The van der Waals surface area contributed by atoms with E-state index in [9.17, 15) is 0 Å². The Morgan fingerprint density at radius 3 is 2.64 bits per heavy atom. The molecule has 0 unspecified atom stereocenters. The average Bonchev–Trinajstić information content (AvgIpc) is 3.26. The second-order valence-electron chi connectivity index (χ2n) is 6.18. The van der Waals surface area contributed by atoms with Gasteiger partial charge in [-0.05, 0) is 47.9 Å². The van der Waals surface area contributed by atoms with Gasteiger partial charge in [-0.3, -0.25) is 4.99 Å². The van der Waals surface area contributed by atoms with Crippen molar-refractivity contribution in [2.75, 3.05) is 20.7 Å². The van der Waals surface area contributed by atoms with Gasteiger partial charge in [-0.15, -0.1) is 0 Å². The first kappa shape index (κ1) is 19.8. The van der Waals surface area contributed by atoms with E-state index in [0.29, 0.717) is 11.6 Å². The number of hydrogen-bond donors (Lipinski definition) is 2. The predicted octanol–water partition coefficient (Wildman–Crippen LogP) is 3.44. The molecule has 0 spiro atoms. The highest BCUT2D eigenvalue weighted by Crippen LogP contribution is 2.22. The summed E-state index contributed by atoms with van der Waals surface area (Å²) >= 11 is 6.29. The van der Waals surface area contributed by atoms with Crippen molar-refractivity contribution >= 4 is 17.6 Å². The number of nitrogens with one attached hydrogen (secondary N) is 2. The van der Waals surface area contributed by atoms with Crippen molar-refractivity contribution in [1.29, 1.82) is 0 Å². The zero-order valence-corrected chi connectivity index (χ0v) is 16.8. The number of ether oxygens (including phenoxy) is 1. The smallest absolute Gasteiger partial charge is 0.191 e. The van der Waals surface area contributed by atoms with Gasteiger partial charge in [0.15, 0.2) is 5.96 Å². The zero-order chi connectivity index (χ0) is 19.8. The van der Waals surface area contributed by atoms with E-state index in [4.69, 9.17) is 16.3 Å². The van der Waals surface area contributed by atoms with Crippen LogP contribution in [0.25, 0.3) is 5.69 Å². The van der Waals surface area contributed by atoms with E-state index in [1.807, 2.05) is 47.3 Å². The van der Waals surface area contributed by atoms with Crippen LogP contribution in [0.1, 0.15) is 11.1 Å². The number of halogens is 1. The molecule has 0 saturated carbocycles. The van der Waals surface area contributed by atoms with E-state index in [2.05, 4.69) is 32.9 Å². The lowest BCUT2D eigenvalue weighted by atomic mass is 10.1. The molecule has 3 rings (SSSR count). The summed E-state index contributed by atoms with van der Waals surface area (Å²) in [5, 5.41) is 11.6. The Morgan fingerprint density at radius 1 is 1.18 bits per heavy atom. The van der Waals surface area contributed by atoms with Crippen LogP contribution in [-0.4, -0.2) is 36.4 Å². The zero-order valence-electron chi connectivity index (χ0n) is 16.0. The Balaban J connectivity index is 1.47. The van der Waals surface area contributed by atoms with Crippen LogP contribution in [0.15, 0.2) is 65.9 Å². The number of hydrogen-bond acceptors (Lipinski definition) is 3. The predicted molar refractivity (Wildman–Crippen MR) is 113 cm³/mol. The van der Waals surface area contributed by atoms with Crippen molar-refractivity contribution in [3.63, 3.8) is 0 Å². The van der Waals surface area contributed by atoms with Gasteiger partial charge in [-0.2, -0.15) is 5.10 Å². The number of aromatic nitrogens is 2. The maximum atomic E-state index is 6.29. The first-order chi connectivity index (χ1) is 13.7. The fourth-order valence-corrected chi connectivity index (χ4v) is 3.03. The molecule has 0 radical (unpaired) electrons. The maximum absolute atomic E-state index is 6.29. The minimum Gasteiger partial charge on any atom is -0.497 e. The molecule has 0 fully saturated rings. The van der Waals surface area contributed by atoms with Gasteiger partial charge in [0.25, 0.3) is 0 Å². The van der Waals surface area contributed by atoms with Gasteiger partial charge in [-0.25, -0.2) is 4.68 Å². The van der Waals surface area contributed by atoms with E-state index in [-0.39, 0.29) is 0 Å². The van der Waals surface area contributed by atoms with Gasteiger partial charge < -0.3 is 15.4 Å². The van der Waals surface area contributed by atoms with Gasteiger partial charge in [0.1, 0.15) is 5.75 Å². The van der Waals surface area contributed by atoms with Crippen LogP contribution in [-0.2, 0) is 13.0 Å². The Morgan fingerprint density at radius 2 is 2.00 bits per heavy atom. The molecule has 2 aromatic carbocycles. The van der Waals surface area contributed by atoms with Crippen LogP contribution in [0, 0.1) is 0 Å². The van der Waals surface area contributed by atoms with Crippen LogP contribution in [0.2, 0.25) is 5.02 Å². The highest BCUT2D eigenvalue weighted by Gasteiger charge is 2.04. The number of guanidine groups is 1. The lowest BCUT2D eigenvalue weighted by molar-refractivity contribution is 0.414. The molecule has 3 aromatic rings. The number of benzene rings is 2. The minimum absolute atomic E-state index is 0.683. The lowest BCUT2D eigenvalue weighted by Gasteiger charge is -2.13. The van der Waals surface area contributed by atoms with Crippen molar-refractivity contribution in [3.05, 3.63) is 77.1 Å². The average molecular weight is 398 g/mol. The van der Waals surface area contributed by atoms with E-state index < -0.39 is 0 Å². The largest absolute Gasteiger partial charge is 0.497 e. The molecule has 0 bridgehead atoms. The van der Waals surface area contributed by atoms with Gasteiger partial charge in [0.2, 0.25) is 0 Å². The second kappa shape index (κ2) is 9.80. The molecule has 7 heteroatoms. The van der Waals surface area contributed by atoms with Gasteiger partial charge in [0, 0.05) is 37.6 Å². The van der Waals surface area contributed by atoms with Crippen LogP contribution >= 0.6 is 11.6 Å². The molecule has 0 atom stereocenters. The van der Waals surface area contributed by atoms with E-state index in [1.54, 1.807) is 20.4 Å². The minimum atomic E-state index is 0.683. The maximum Gasteiger partial charge on any atom is 0.191 e. The molecular formula is C21H24ClN5O. The molecular weight excluding hydrogens is 374 g/mol. The summed E-state index contributed by atoms with van der Waals surface area (Å²) in [5.74, 6) is 1.51. The highest BCUT2D eigenvalue weighted by atomic mass is 35.5. The summed E-state index contributed by atoms with van der Waals surface area (Å²) in [6.45, 7) is 1.41. The number of nitrogens with zero attached hydrogens (tertiary/aromatic N) is 3. The molecule has 146 valence electrons. The normalized spacial score (nSPS) is 11.3. The first-order valence-electron chi connectivity index (χ1n) is 9.05. The number of methoxy groups -OCH3 is 1. The summed E-state index contributed by atoms with van der Waals surface area (Å²) in [6, 6.07) is 15.9. The van der Waals surface area contributed by atoms with Crippen molar-refractivity contribution in [2.24, 2.45) is 4.99 Å². The van der Waals surface area contributed by atoms with Gasteiger partial charge in [-0.1, -0.05) is 29.8 Å². The Hall–Kier alpha value is -2.99. The molecule has 0 aliphatic rings. The number of aliphatic imine (C=N–C) groups is 1. The number of rotatable bonds is 7. The molecule has 28 heavy (non-hydrogen) atoms. The standard InChI is InChI=1S/C21H24ClN5O/c1-23-21(24-12-10-17-6-9-19(28-2)14-20(17)22)25-15-16-4-7-18(8-5-16)27-13-3-11-26-27/h3-9,11,13-14H,10,12,15H2,1-2H3,(H2,23,24,25). The second-order valence-corrected chi connectivity index (χ2v) is 6.58. The van der Waals surface area contributed by atoms with Crippen LogP contribution < -0.4 is 15.4 Å². The molecule has 1 aromatic heterocycles. The fourth-order valence-electron chi connectivity index (χ4n) is 2.77. The third kappa shape index (κ3) is 5.27. The molecule has 6 nitrogen and oxygen atoms in total. The van der Waals surface area contributed by atoms with Crippen molar-refractivity contribution < 1.29 is 4.74 Å². The third-order valence-corrected chi connectivity index (χ3v) is 4.69. The Kier molecular flexibility index (Phi) is 6.92. The van der Waals surface area contributed by atoms with Gasteiger partial charge in [0.05, 0.1) is 12.8 Å². The Bertz CT molecular complexity index is 907. The summed E-state index contributed by atoms with van der Waals surface area (Å²) in [5.41, 5.74) is 3.27. The lowest BCUT2D eigenvalue weighted by Crippen LogP contribution is -2.37. The molecule has 0 aliphatic heterocycles. The first-order valence-corrected chi connectivity index (χ1v) is 9.43. The summed E-state index contributed by atoms with van der Waals surface area (Å²) < 4.78 is 7.01. The van der Waals surface area contributed by atoms with Crippen LogP contribution in [0.5, 0.6) is 5.75 Å². The van der Waals surface area contributed by atoms with Gasteiger partial charge >= 0.3 is 0 Å². The van der Waals surface area contributed by atoms with E-state index >= 15 is 0 Å². The van der Waals surface area contributed by atoms with Crippen molar-refractivity contribution in [2.45, 2.75) is 13.0 Å².